The maximum absolute atomic E-state index is 5.49. The van der Waals surface area contributed by atoms with Gasteiger partial charge in [0.25, 0.3) is 0 Å². The Kier molecular flexibility index (Phi) is 6.95. The molecule has 0 fully saturated rings. The fourth-order valence-corrected chi connectivity index (χ4v) is 4.69. The molecule has 1 heterocycles. The second kappa shape index (κ2) is 9.41. The lowest BCUT2D eigenvalue weighted by Gasteiger charge is -2.40. The molecule has 0 bridgehead atoms. The van der Waals surface area contributed by atoms with Crippen molar-refractivity contribution in [3.63, 3.8) is 0 Å². The molecule has 0 aromatic rings. The average Bonchev–Trinajstić information content (AvgIpc) is 2.72. The molecule has 0 amide bonds. The Bertz CT molecular complexity index is 687. The zero-order valence-electron chi connectivity index (χ0n) is 17.2. The van der Waals surface area contributed by atoms with E-state index in [1.54, 1.807) is 17.3 Å². The van der Waals surface area contributed by atoms with Crippen molar-refractivity contribution in [2.75, 3.05) is 6.54 Å². The van der Waals surface area contributed by atoms with Crippen molar-refractivity contribution in [3.8, 4) is 0 Å². The van der Waals surface area contributed by atoms with Crippen LogP contribution in [-0.4, -0.2) is 12.6 Å². The maximum atomic E-state index is 5.49. The molecule has 4 unspecified atom stereocenters. The zero-order valence-corrected chi connectivity index (χ0v) is 17.2. The van der Waals surface area contributed by atoms with Crippen LogP contribution in [0.15, 0.2) is 71.5 Å². The first-order valence-electron chi connectivity index (χ1n) is 10.6. The summed E-state index contributed by atoms with van der Waals surface area (Å²) in [6.07, 6.45) is 24.8. The van der Waals surface area contributed by atoms with E-state index < -0.39 is 0 Å². The summed E-state index contributed by atoms with van der Waals surface area (Å²) in [6.45, 7) is 7.91. The van der Waals surface area contributed by atoms with Crippen LogP contribution in [0.3, 0.4) is 0 Å². The molecule has 0 aromatic heterocycles. The van der Waals surface area contributed by atoms with Crippen molar-refractivity contribution in [3.05, 3.63) is 71.5 Å². The molecule has 2 heteroatoms. The smallest absolute Gasteiger partial charge is 0.0236 e. The lowest BCUT2D eigenvalue weighted by atomic mass is 9.72. The van der Waals surface area contributed by atoms with E-state index in [2.05, 4.69) is 68.6 Å². The van der Waals surface area contributed by atoms with E-state index in [4.69, 9.17) is 5.73 Å². The SMILES string of the molecule is C/C(=C\C=C/N)C1CC=C(C2C=C(C(C)C)CNC2C2C=CC=CC2)CC1. The number of hydrogen-bond donors (Lipinski definition) is 2. The van der Waals surface area contributed by atoms with Gasteiger partial charge >= 0.3 is 0 Å². The fourth-order valence-electron chi connectivity index (χ4n) is 4.69. The fraction of sp³-hybridized carbons (Fsp3) is 0.520. The van der Waals surface area contributed by atoms with Crippen molar-refractivity contribution in [1.29, 1.82) is 0 Å². The molecule has 3 aliphatic rings. The lowest BCUT2D eigenvalue weighted by molar-refractivity contribution is 0.331. The minimum Gasteiger partial charge on any atom is -0.405 e. The molecular formula is C25H36N2. The Balaban J connectivity index is 1.79. The second-order valence-electron chi connectivity index (χ2n) is 8.59. The summed E-state index contributed by atoms with van der Waals surface area (Å²) in [5, 5.41) is 3.90. The van der Waals surface area contributed by atoms with Gasteiger partial charge in [-0.15, -0.1) is 0 Å². The number of hydrogen-bond acceptors (Lipinski definition) is 2. The first kappa shape index (κ1) is 19.9. The third-order valence-electron chi connectivity index (χ3n) is 6.53. The van der Waals surface area contributed by atoms with Gasteiger partial charge in [0.1, 0.15) is 0 Å². The summed E-state index contributed by atoms with van der Waals surface area (Å²) in [6, 6.07) is 0.522. The van der Waals surface area contributed by atoms with Crippen LogP contribution in [0.25, 0.3) is 0 Å². The lowest BCUT2D eigenvalue weighted by Crippen LogP contribution is -2.46. The zero-order chi connectivity index (χ0) is 19.2. The minimum atomic E-state index is 0.522. The van der Waals surface area contributed by atoms with Gasteiger partial charge in [-0.05, 0) is 62.6 Å². The monoisotopic (exact) mass is 364 g/mol. The van der Waals surface area contributed by atoms with Crippen LogP contribution in [-0.2, 0) is 0 Å². The summed E-state index contributed by atoms with van der Waals surface area (Å²) in [5.41, 5.74) is 10.2. The molecule has 146 valence electrons. The number of nitrogens with one attached hydrogen (secondary N) is 1. The Labute approximate surface area is 165 Å². The van der Waals surface area contributed by atoms with Crippen LogP contribution in [0.2, 0.25) is 0 Å². The van der Waals surface area contributed by atoms with Crippen LogP contribution < -0.4 is 11.1 Å². The Morgan fingerprint density at radius 3 is 2.74 bits per heavy atom. The Hall–Kier alpha value is -1.80. The van der Waals surface area contributed by atoms with Crippen LogP contribution in [0.5, 0.6) is 0 Å². The Morgan fingerprint density at radius 2 is 2.11 bits per heavy atom. The molecule has 0 saturated carbocycles. The number of nitrogens with two attached hydrogens (primary N) is 1. The van der Waals surface area contributed by atoms with Gasteiger partial charge in [0.05, 0.1) is 0 Å². The van der Waals surface area contributed by atoms with Gasteiger partial charge in [-0.2, -0.15) is 0 Å². The summed E-state index contributed by atoms with van der Waals surface area (Å²) in [5.74, 6) is 2.41. The van der Waals surface area contributed by atoms with Crippen molar-refractivity contribution < 1.29 is 0 Å². The van der Waals surface area contributed by atoms with E-state index in [-0.39, 0.29) is 0 Å². The minimum absolute atomic E-state index is 0.522. The van der Waals surface area contributed by atoms with E-state index in [1.807, 2.05) is 6.08 Å². The van der Waals surface area contributed by atoms with Gasteiger partial charge in [-0.3, -0.25) is 0 Å². The second-order valence-corrected chi connectivity index (χ2v) is 8.59. The number of rotatable bonds is 5. The van der Waals surface area contributed by atoms with E-state index in [0.717, 1.165) is 19.4 Å². The molecule has 0 spiro atoms. The van der Waals surface area contributed by atoms with Crippen molar-refractivity contribution in [2.24, 2.45) is 29.4 Å². The van der Waals surface area contributed by atoms with Crippen LogP contribution >= 0.6 is 0 Å². The van der Waals surface area contributed by atoms with Gasteiger partial charge in [0.15, 0.2) is 0 Å². The predicted molar refractivity (Wildman–Crippen MR) is 117 cm³/mol. The van der Waals surface area contributed by atoms with E-state index in [1.165, 1.54) is 18.4 Å². The maximum Gasteiger partial charge on any atom is 0.0236 e. The van der Waals surface area contributed by atoms with Crippen molar-refractivity contribution >= 4 is 0 Å². The molecule has 2 aliphatic carbocycles. The van der Waals surface area contributed by atoms with Crippen LogP contribution in [0, 0.1) is 23.7 Å². The molecule has 0 saturated heterocycles. The first-order chi connectivity index (χ1) is 13.1. The predicted octanol–water partition coefficient (Wildman–Crippen LogP) is 5.43. The highest BCUT2D eigenvalue weighted by atomic mass is 14.9. The van der Waals surface area contributed by atoms with Crippen molar-refractivity contribution in [2.45, 2.75) is 52.5 Å². The largest absolute Gasteiger partial charge is 0.405 e. The van der Waals surface area contributed by atoms with Crippen LogP contribution in [0.4, 0.5) is 0 Å². The summed E-state index contributed by atoms with van der Waals surface area (Å²) >= 11 is 0. The topological polar surface area (TPSA) is 38.0 Å². The molecular weight excluding hydrogens is 328 g/mol. The molecule has 1 aliphatic heterocycles. The molecule has 3 N–H and O–H groups in total. The summed E-state index contributed by atoms with van der Waals surface area (Å²) < 4.78 is 0. The summed E-state index contributed by atoms with van der Waals surface area (Å²) in [4.78, 5) is 0. The van der Waals surface area contributed by atoms with Crippen LogP contribution in [0.1, 0.15) is 46.5 Å². The van der Waals surface area contributed by atoms with E-state index in [9.17, 15) is 0 Å². The third-order valence-corrected chi connectivity index (χ3v) is 6.53. The van der Waals surface area contributed by atoms with Gasteiger partial charge < -0.3 is 11.1 Å². The molecule has 0 aromatic carbocycles. The molecule has 2 nitrogen and oxygen atoms in total. The highest BCUT2D eigenvalue weighted by Gasteiger charge is 2.33. The average molecular weight is 365 g/mol. The molecule has 4 atom stereocenters. The summed E-state index contributed by atoms with van der Waals surface area (Å²) in [7, 11) is 0. The third kappa shape index (κ3) is 4.93. The molecule has 3 rings (SSSR count). The molecule has 0 radical (unpaired) electrons. The molecule has 27 heavy (non-hydrogen) atoms. The van der Waals surface area contributed by atoms with Gasteiger partial charge in [0.2, 0.25) is 0 Å². The Morgan fingerprint density at radius 1 is 1.26 bits per heavy atom. The van der Waals surface area contributed by atoms with Gasteiger partial charge in [-0.1, -0.05) is 73.1 Å². The first-order valence-corrected chi connectivity index (χ1v) is 10.6. The van der Waals surface area contributed by atoms with E-state index >= 15 is 0 Å². The van der Waals surface area contributed by atoms with Crippen molar-refractivity contribution in [1.82, 2.24) is 5.32 Å². The van der Waals surface area contributed by atoms with Gasteiger partial charge in [0, 0.05) is 18.5 Å². The highest BCUT2D eigenvalue weighted by molar-refractivity contribution is 5.29. The van der Waals surface area contributed by atoms with E-state index in [0.29, 0.717) is 29.7 Å². The normalized spacial score (nSPS) is 32.1. The highest BCUT2D eigenvalue weighted by Crippen LogP contribution is 2.38. The number of allylic oxidation sites excluding steroid dienone is 7. The standard InChI is InChI=1S/C25H36N2/c1-18(2)23-16-24(25(27-17-23)22-9-5-4-6-10-22)21-13-11-20(12-14-21)19(3)8-7-15-26/h4-9,13,15-16,18,20,22,24-25,27H,10-12,14,17,26H2,1-3H3/b15-7-,19-8+. The van der Waals surface area contributed by atoms with Gasteiger partial charge in [-0.25, -0.2) is 0 Å². The quantitative estimate of drug-likeness (QED) is 0.504.